The summed E-state index contributed by atoms with van der Waals surface area (Å²) in [6.45, 7) is 13.7. The third kappa shape index (κ3) is 21.9. The molecule has 0 spiro atoms. The predicted octanol–water partition coefficient (Wildman–Crippen LogP) is 8.13. The van der Waals surface area contributed by atoms with Gasteiger partial charge in [-0.05, 0) is 138 Å². The molecule has 556 valence electrons. The maximum atomic E-state index is 15.2. The van der Waals surface area contributed by atoms with Crippen molar-refractivity contribution in [2.75, 3.05) is 81.6 Å². The molecule has 4 N–H and O–H groups in total. The summed E-state index contributed by atoms with van der Waals surface area (Å²) >= 11 is 0. The topological polar surface area (TPSA) is 247 Å². The van der Waals surface area contributed by atoms with Gasteiger partial charge in [-0.2, -0.15) is 13.2 Å². The number of nitrogens with one attached hydrogen (secondary N) is 2. The Bertz CT molecular complexity index is 2760. The Balaban J connectivity index is 1.41. The highest BCUT2D eigenvalue weighted by Crippen LogP contribution is 2.48. The molecule has 98 heavy (non-hydrogen) atoms. The third-order valence-corrected chi connectivity index (χ3v) is 21.7. The molecule has 3 unspecified atom stereocenters. The van der Waals surface area contributed by atoms with E-state index in [1.807, 2.05) is 46.8 Å². The number of fused-ring (bicyclic) bond motifs is 2. The van der Waals surface area contributed by atoms with Crippen LogP contribution in [0.15, 0.2) is 24.3 Å². The molecule has 21 nitrogen and oxygen atoms in total. The van der Waals surface area contributed by atoms with Crippen molar-refractivity contribution in [3.8, 4) is 0 Å². The fraction of sp³-hybridized carbons (Fsp3) is 0.806. The van der Waals surface area contributed by atoms with Crippen LogP contribution in [0.25, 0.3) is 0 Å². The van der Waals surface area contributed by atoms with Gasteiger partial charge in [0, 0.05) is 68.5 Å². The Morgan fingerprint density at radius 1 is 0.786 bits per heavy atom. The molecule has 2 aliphatic carbocycles. The summed E-state index contributed by atoms with van der Waals surface area (Å²) in [6.07, 6.45) is 6.11. The van der Waals surface area contributed by atoms with Gasteiger partial charge in [-0.3, -0.25) is 47.9 Å². The number of carbonyl (C=O) groups excluding carboxylic acids is 10. The van der Waals surface area contributed by atoms with Crippen molar-refractivity contribution in [2.24, 2.45) is 40.7 Å². The number of carbonyl (C=O) groups is 10. The zero-order valence-electron chi connectivity index (χ0n) is 60.9. The fourth-order valence-electron chi connectivity index (χ4n) is 15.5. The predicted molar refractivity (Wildman–Crippen MR) is 365 cm³/mol. The number of nitrogens with two attached hydrogens (primary N) is 1. The highest BCUT2D eigenvalue weighted by atomic mass is 19.4. The van der Waals surface area contributed by atoms with Crippen molar-refractivity contribution < 1.29 is 69.9 Å². The molecule has 2 bridgehead atoms. The first-order valence-corrected chi connectivity index (χ1v) is 36.2. The molecule has 0 radical (unpaired) electrons. The van der Waals surface area contributed by atoms with Gasteiger partial charge < -0.3 is 55.6 Å². The summed E-state index contributed by atoms with van der Waals surface area (Å²) in [5.41, 5.74) is 5.41. The van der Waals surface area contributed by atoms with Crippen molar-refractivity contribution >= 4 is 59.1 Å². The number of likely N-dealkylation sites (N-methyl/N-ethyl adjacent to an activating group) is 6. The molecule has 3 fully saturated rings. The molecule has 2 saturated carbocycles. The van der Waals surface area contributed by atoms with Gasteiger partial charge in [0.2, 0.25) is 59.1 Å². The number of likely N-dealkylation sites (tertiary alicyclic amines) is 1. The first-order chi connectivity index (χ1) is 46.1. The number of halogens is 5. The molecule has 5 aliphatic rings. The molecule has 1 saturated heterocycles. The van der Waals surface area contributed by atoms with Gasteiger partial charge in [0.1, 0.15) is 54.5 Å². The summed E-state index contributed by atoms with van der Waals surface area (Å²) in [6, 6.07) is -6.89. The Labute approximate surface area is 579 Å². The zero-order valence-corrected chi connectivity index (χ0v) is 60.9. The molecular formula is C72H118F5N11O10. The van der Waals surface area contributed by atoms with Crippen LogP contribution in [-0.2, 0) is 47.9 Å². The van der Waals surface area contributed by atoms with Crippen LogP contribution in [0.1, 0.15) is 196 Å². The molecule has 10 amide bonds. The number of amides is 10. The maximum absolute atomic E-state index is 15.2. The van der Waals surface area contributed by atoms with E-state index in [-0.39, 0.29) is 68.4 Å². The minimum absolute atomic E-state index is 0.0452. The number of nitrogens with zero attached hydrogens (tertiary/aromatic N) is 8. The van der Waals surface area contributed by atoms with Crippen molar-refractivity contribution in [3.05, 3.63) is 24.3 Å². The highest BCUT2D eigenvalue weighted by molar-refractivity contribution is 5.99. The molecule has 5 rings (SSSR count). The summed E-state index contributed by atoms with van der Waals surface area (Å²) in [4.78, 5) is 158. The monoisotopic (exact) mass is 1390 g/mol. The average Bonchev–Trinajstić information content (AvgIpc) is 0.747. The average molecular weight is 1390 g/mol. The van der Waals surface area contributed by atoms with E-state index in [4.69, 9.17) is 5.73 Å². The Kier molecular flexibility index (Phi) is 31.5. The van der Waals surface area contributed by atoms with Gasteiger partial charge in [-0.1, -0.05) is 105 Å². The summed E-state index contributed by atoms with van der Waals surface area (Å²) < 4.78 is 68.8. The first kappa shape index (κ1) is 82.5. The number of piperidine rings is 1. The Morgan fingerprint density at radius 2 is 1.42 bits per heavy atom. The van der Waals surface area contributed by atoms with Gasteiger partial charge in [0.25, 0.3) is 0 Å². The molecule has 3 aliphatic heterocycles. The Morgan fingerprint density at radius 3 is 2.01 bits per heavy atom. The van der Waals surface area contributed by atoms with E-state index in [0.717, 1.165) is 25.7 Å². The second-order valence-corrected chi connectivity index (χ2v) is 29.8. The lowest BCUT2D eigenvalue weighted by atomic mass is 9.59. The number of hydrogen-bond acceptors (Lipinski definition) is 11. The quantitative estimate of drug-likeness (QED) is 0.0562. The molecule has 0 aromatic carbocycles. The Hall–Kier alpha value is -6.21. The number of alkyl halides is 5. The van der Waals surface area contributed by atoms with Crippen LogP contribution in [0.2, 0.25) is 0 Å². The van der Waals surface area contributed by atoms with E-state index in [0.29, 0.717) is 83.7 Å². The van der Waals surface area contributed by atoms with Crippen molar-refractivity contribution in [2.45, 2.75) is 256 Å². The normalized spacial score (nSPS) is 27.4. The van der Waals surface area contributed by atoms with Gasteiger partial charge in [0.05, 0.1) is 25.0 Å². The van der Waals surface area contributed by atoms with Crippen LogP contribution < -0.4 is 16.4 Å². The van der Waals surface area contributed by atoms with Crippen molar-refractivity contribution in [3.63, 3.8) is 0 Å². The minimum Gasteiger partial charge on any atom is -0.355 e. The van der Waals surface area contributed by atoms with Gasteiger partial charge in [-0.25, -0.2) is 8.78 Å². The molecule has 0 aromatic rings. The lowest BCUT2D eigenvalue weighted by Gasteiger charge is -2.52. The smallest absolute Gasteiger partial charge is 0.355 e. The third-order valence-electron chi connectivity index (χ3n) is 21.7. The summed E-state index contributed by atoms with van der Waals surface area (Å²) in [7, 11) is 8.87. The highest BCUT2D eigenvalue weighted by Gasteiger charge is 2.56. The SMILES string of the molecule is CCC1/C=C/CCC[C@H](N(C)C(=O)C[C@@H](C(=O)N2CCCCC2)N(C)C(=O)[C@H](C(CC)CC)N(C)C(=O)C2(N)CC(C)(C)C2)C(=O)N[C@@H]([C@@H](C)CC)C(=O)N(C)CC(=O)N(C)[C@H]2C/C=C\CCN(C2=O)[C@H](C(=O)N(C)CC(=O)NCCCC2CC(F)C(C(F)(F)F)C(F)C2)CCCC1. The summed E-state index contributed by atoms with van der Waals surface area (Å²) in [5.74, 6) is -9.39. The fourth-order valence-corrected chi connectivity index (χ4v) is 15.5. The van der Waals surface area contributed by atoms with E-state index in [9.17, 15) is 50.7 Å². The van der Waals surface area contributed by atoms with E-state index in [1.54, 1.807) is 24.9 Å². The van der Waals surface area contributed by atoms with E-state index < -0.39 is 164 Å². The van der Waals surface area contributed by atoms with Gasteiger partial charge >= 0.3 is 6.18 Å². The van der Waals surface area contributed by atoms with Crippen LogP contribution in [-0.4, -0.2) is 240 Å². The van der Waals surface area contributed by atoms with Crippen molar-refractivity contribution in [1.82, 2.24) is 49.8 Å². The minimum atomic E-state index is -4.99. The molecule has 0 aromatic heterocycles. The maximum Gasteiger partial charge on any atom is 0.397 e. The second kappa shape index (κ2) is 37.5. The van der Waals surface area contributed by atoms with E-state index >= 15 is 19.2 Å². The van der Waals surface area contributed by atoms with Gasteiger partial charge in [0.15, 0.2) is 0 Å². The van der Waals surface area contributed by atoms with Crippen LogP contribution in [0, 0.1) is 35.0 Å². The second-order valence-electron chi connectivity index (χ2n) is 29.8. The van der Waals surface area contributed by atoms with Crippen molar-refractivity contribution in [1.29, 1.82) is 0 Å². The number of hydrogen-bond donors (Lipinski definition) is 3. The molecule has 10 atom stereocenters. The van der Waals surface area contributed by atoms with Crippen LogP contribution in [0.3, 0.4) is 0 Å². The number of allylic oxidation sites excluding steroid dienone is 2. The largest absolute Gasteiger partial charge is 0.397 e. The first-order valence-electron chi connectivity index (χ1n) is 36.2. The van der Waals surface area contributed by atoms with E-state index in [1.165, 1.54) is 69.5 Å². The lowest BCUT2D eigenvalue weighted by Crippen LogP contribution is -2.68. The van der Waals surface area contributed by atoms with Crippen LogP contribution in [0.4, 0.5) is 22.0 Å². The molecular weight excluding hydrogens is 1270 g/mol. The zero-order chi connectivity index (χ0) is 73.1. The van der Waals surface area contributed by atoms with Gasteiger partial charge in [-0.15, -0.1) is 0 Å². The van der Waals surface area contributed by atoms with Crippen LogP contribution in [0.5, 0.6) is 0 Å². The van der Waals surface area contributed by atoms with Crippen LogP contribution >= 0.6 is 0 Å². The standard InChI is InChI=1S/C72H118F5N11O10/c1-14-47(5)61-67(96)82(9)44-59(91)84(11)54-34-23-19-28-39-88(66(54)95)55(64(93)81(8)43-57(89)79-36-29-32-49-40-51(73)60(52(74)41-49)72(75,76)77)35-25-24-31-48(15-2)30-21-18-22-33-53(63(92)80-61)83(10)58(90)42-56(65(94)87-37-26-20-27-38-87)85(12)68(97)62(50(16-3)17-4)86(13)69(98)71(78)45-70(6,7)46-71/h19,21,23,30,47-56,60-62H,14-18,20,22,24-29,31-46,78H2,1-13H3,(H,79,89)(H,80,92)/b23-19-,30-21+/t47-,48?,49?,51?,52?,53-,54-,55-,56-,60?,61-,62-/m0/s1. The number of rotatable bonds is 21. The molecule has 3 heterocycles. The summed E-state index contributed by atoms with van der Waals surface area (Å²) in [5, 5.41) is 5.67. The van der Waals surface area contributed by atoms with E-state index in [2.05, 4.69) is 23.6 Å². The lowest BCUT2D eigenvalue weighted by molar-refractivity contribution is -0.219. The molecule has 26 heteroatoms.